The second-order valence-corrected chi connectivity index (χ2v) is 6.00. The Morgan fingerprint density at radius 3 is 2.76 bits per heavy atom. The number of nitrogens with two attached hydrogens (primary N) is 1. The van der Waals surface area contributed by atoms with Gasteiger partial charge in [0, 0.05) is 30.0 Å². The summed E-state index contributed by atoms with van der Waals surface area (Å²) in [5.74, 6) is 0. The van der Waals surface area contributed by atoms with Gasteiger partial charge in [-0.05, 0) is 50.4 Å². The molecule has 2 atom stereocenters. The minimum Gasteiger partial charge on any atom is -0.398 e. The normalized spacial score (nSPS) is 26.6. The molecule has 0 aliphatic carbocycles. The molecule has 2 aliphatic heterocycles. The Kier molecular flexibility index (Phi) is 3.73. The summed E-state index contributed by atoms with van der Waals surface area (Å²) in [6.07, 6.45) is 0.00967. The summed E-state index contributed by atoms with van der Waals surface area (Å²) in [5.41, 5.74) is 4.95. The number of fused-ring (bicyclic) bond motifs is 1. The van der Waals surface area contributed by atoms with Gasteiger partial charge in [-0.1, -0.05) is 0 Å². The lowest BCUT2D eigenvalue weighted by Crippen LogP contribution is -2.42. The maximum Gasteiger partial charge on any atom is 0.418 e. The zero-order chi connectivity index (χ0) is 15.0. The number of rotatable bonds is 2. The molecule has 0 spiro atoms. The number of nitrogen functional groups attached to an aromatic ring is 1. The monoisotopic (exact) mass is 299 g/mol. The van der Waals surface area contributed by atoms with E-state index < -0.39 is 11.7 Å². The van der Waals surface area contributed by atoms with Gasteiger partial charge in [0.2, 0.25) is 0 Å². The van der Waals surface area contributed by atoms with E-state index in [-0.39, 0.29) is 11.7 Å². The Labute approximate surface area is 122 Å². The van der Waals surface area contributed by atoms with E-state index in [2.05, 4.69) is 10.2 Å². The zero-order valence-corrected chi connectivity index (χ0v) is 11.8. The highest BCUT2D eigenvalue weighted by atomic mass is 19.4. The topological polar surface area (TPSA) is 41.3 Å². The third-order valence-electron chi connectivity index (χ3n) is 4.55. The number of piperidine rings is 1. The lowest BCUT2D eigenvalue weighted by atomic mass is 9.97. The number of hydrogen-bond donors (Lipinski definition) is 2. The van der Waals surface area contributed by atoms with Crippen molar-refractivity contribution in [2.24, 2.45) is 0 Å². The molecule has 0 bridgehead atoms. The van der Waals surface area contributed by atoms with Gasteiger partial charge in [-0.3, -0.25) is 0 Å². The Bertz CT molecular complexity index is 515. The van der Waals surface area contributed by atoms with E-state index in [0.717, 1.165) is 32.0 Å². The molecule has 116 valence electrons. The number of nitrogens with zero attached hydrogens (tertiary/aromatic N) is 1. The molecule has 3 rings (SSSR count). The molecular formula is C15H20F3N3. The van der Waals surface area contributed by atoms with Crippen molar-refractivity contribution in [3.63, 3.8) is 0 Å². The molecule has 3 nitrogen and oxygen atoms in total. The molecule has 2 unspecified atom stereocenters. The van der Waals surface area contributed by atoms with E-state index in [4.69, 9.17) is 5.73 Å². The van der Waals surface area contributed by atoms with Gasteiger partial charge in [0.15, 0.2) is 0 Å². The van der Waals surface area contributed by atoms with Crippen molar-refractivity contribution < 1.29 is 13.2 Å². The van der Waals surface area contributed by atoms with Crippen molar-refractivity contribution in [2.75, 3.05) is 24.1 Å². The van der Waals surface area contributed by atoms with Gasteiger partial charge >= 0.3 is 6.18 Å². The van der Waals surface area contributed by atoms with Gasteiger partial charge in [-0.2, -0.15) is 13.2 Å². The van der Waals surface area contributed by atoms with Crippen LogP contribution in [0, 0.1) is 0 Å². The van der Waals surface area contributed by atoms with Crippen LogP contribution in [0.5, 0.6) is 0 Å². The first kappa shape index (κ1) is 14.5. The maximum atomic E-state index is 12.9. The first-order chi connectivity index (χ1) is 9.93. The number of hydrogen-bond acceptors (Lipinski definition) is 3. The molecule has 2 saturated heterocycles. The zero-order valence-electron chi connectivity index (χ0n) is 11.8. The Morgan fingerprint density at radius 1 is 1.19 bits per heavy atom. The summed E-state index contributed by atoms with van der Waals surface area (Å²) in [4.78, 5) is 2.49. The Balaban J connectivity index is 1.70. The number of halogens is 3. The molecule has 2 fully saturated rings. The van der Waals surface area contributed by atoms with E-state index in [1.54, 1.807) is 6.07 Å². The highest BCUT2D eigenvalue weighted by molar-refractivity contribution is 5.58. The van der Waals surface area contributed by atoms with Crippen molar-refractivity contribution in [2.45, 2.75) is 43.9 Å². The van der Waals surface area contributed by atoms with Crippen molar-refractivity contribution in [3.05, 3.63) is 23.8 Å². The maximum absolute atomic E-state index is 12.9. The summed E-state index contributed by atoms with van der Waals surface area (Å²) < 4.78 is 38.6. The quantitative estimate of drug-likeness (QED) is 0.823. The summed E-state index contributed by atoms with van der Waals surface area (Å²) in [7, 11) is 0. The van der Waals surface area contributed by atoms with E-state index >= 15 is 0 Å². The molecule has 1 aromatic carbocycles. The minimum atomic E-state index is -4.41. The van der Waals surface area contributed by atoms with E-state index in [9.17, 15) is 13.2 Å². The number of nitrogens with one attached hydrogen (secondary N) is 1. The lowest BCUT2D eigenvalue weighted by molar-refractivity contribution is -0.136. The van der Waals surface area contributed by atoms with Gasteiger partial charge in [0.05, 0.1) is 5.56 Å². The van der Waals surface area contributed by atoms with Crippen molar-refractivity contribution in [3.8, 4) is 0 Å². The number of benzene rings is 1. The fourth-order valence-electron chi connectivity index (χ4n) is 3.48. The minimum absolute atomic E-state index is 0.223. The molecule has 0 amide bonds. The molecule has 2 aliphatic rings. The van der Waals surface area contributed by atoms with Gasteiger partial charge in [0.1, 0.15) is 0 Å². The second-order valence-electron chi connectivity index (χ2n) is 6.00. The predicted molar refractivity (Wildman–Crippen MR) is 77.1 cm³/mol. The third kappa shape index (κ3) is 3.10. The summed E-state index contributed by atoms with van der Waals surface area (Å²) in [6, 6.07) is 4.92. The van der Waals surface area contributed by atoms with Gasteiger partial charge < -0.3 is 16.0 Å². The molecule has 0 saturated carbocycles. The average molecular weight is 299 g/mol. The standard InChI is InChI=1S/C15H20F3N3/c16-15(17,18)13-9-10(3-4-14(13)19)20-11-5-7-21-6-1-2-12(21)8-11/h3-4,9,11-12,20H,1-2,5-8,19H2. The lowest BCUT2D eigenvalue weighted by Gasteiger charge is -2.35. The second kappa shape index (κ2) is 5.40. The molecular weight excluding hydrogens is 279 g/mol. The highest BCUT2D eigenvalue weighted by Crippen LogP contribution is 2.36. The van der Waals surface area contributed by atoms with E-state index in [1.165, 1.54) is 18.9 Å². The molecule has 6 heteroatoms. The van der Waals surface area contributed by atoms with Crippen molar-refractivity contribution in [1.82, 2.24) is 4.90 Å². The molecule has 3 N–H and O–H groups in total. The summed E-state index contributed by atoms with van der Waals surface area (Å²) >= 11 is 0. The van der Waals surface area contributed by atoms with E-state index in [1.807, 2.05) is 0 Å². The fourth-order valence-corrected chi connectivity index (χ4v) is 3.48. The number of anilines is 2. The van der Waals surface area contributed by atoms with Crippen molar-refractivity contribution in [1.29, 1.82) is 0 Å². The smallest absolute Gasteiger partial charge is 0.398 e. The van der Waals surface area contributed by atoms with Crippen LogP contribution in [-0.2, 0) is 6.18 Å². The SMILES string of the molecule is Nc1ccc(NC2CCN3CCCC3C2)cc1C(F)(F)F. The molecule has 1 aromatic rings. The van der Waals surface area contributed by atoms with Crippen molar-refractivity contribution >= 4 is 11.4 Å². The van der Waals surface area contributed by atoms with Crippen LogP contribution in [0.15, 0.2) is 18.2 Å². The third-order valence-corrected chi connectivity index (χ3v) is 4.55. The fraction of sp³-hybridized carbons (Fsp3) is 0.600. The molecule has 2 heterocycles. The van der Waals surface area contributed by atoms with Crippen LogP contribution in [-0.4, -0.2) is 30.1 Å². The van der Waals surface area contributed by atoms with Gasteiger partial charge in [-0.25, -0.2) is 0 Å². The van der Waals surface area contributed by atoms with Gasteiger partial charge in [0.25, 0.3) is 0 Å². The van der Waals surface area contributed by atoms with Crippen LogP contribution >= 0.6 is 0 Å². The van der Waals surface area contributed by atoms with Gasteiger partial charge in [-0.15, -0.1) is 0 Å². The van der Waals surface area contributed by atoms with Crippen LogP contribution in [0.25, 0.3) is 0 Å². The Morgan fingerprint density at radius 2 is 2.00 bits per heavy atom. The van der Waals surface area contributed by atoms with Crippen LogP contribution < -0.4 is 11.1 Å². The first-order valence-corrected chi connectivity index (χ1v) is 7.41. The first-order valence-electron chi connectivity index (χ1n) is 7.41. The predicted octanol–water partition coefficient (Wildman–Crippen LogP) is 3.33. The Hall–Kier alpha value is -1.43. The molecule has 21 heavy (non-hydrogen) atoms. The van der Waals surface area contributed by atoms with Crippen LogP contribution in [0.3, 0.4) is 0 Å². The van der Waals surface area contributed by atoms with Crippen LogP contribution in [0.1, 0.15) is 31.2 Å². The highest BCUT2D eigenvalue weighted by Gasteiger charge is 2.34. The van der Waals surface area contributed by atoms with Crippen LogP contribution in [0.4, 0.5) is 24.5 Å². The number of alkyl halides is 3. The summed E-state index contributed by atoms with van der Waals surface area (Å²) in [5, 5.41) is 3.25. The average Bonchev–Trinajstić information content (AvgIpc) is 2.87. The molecule has 0 aromatic heterocycles. The largest absolute Gasteiger partial charge is 0.418 e. The van der Waals surface area contributed by atoms with E-state index in [0.29, 0.717) is 11.7 Å². The van der Waals surface area contributed by atoms with Crippen LogP contribution in [0.2, 0.25) is 0 Å². The summed E-state index contributed by atoms with van der Waals surface area (Å²) in [6.45, 7) is 2.20. The molecule has 0 radical (unpaired) electrons.